The number of hydrogen-bond donors (Lipinski definition) is 2. The average molecular weight is 265 g/mol. The Morgan fingerprint density at radius 3 is 2.40 bits per heavy atom. The number of rotatable bonds is 3. The fourth-order valence-corrected chi connectivity index (χ4v) is 1.47. The molecule has 0 bridgehead atoms. The highest BCUT2D eigenvalue weighted by molar-refractivity contribution is 5.85. The molecule has 0 saturated heterocycles. The molecule has 7 heteroatoms. The van der Waals surface area contributed by atoms with Gasteiger partial charge in [-0.25, -0.2) is 4.79 Å². The van der Waals surface area contributed by atoms with Gasteiger partial charge in [0.25, 0.3) is 0 Å². The zero-order chi connectivity index (χ0) is 14.5. The largest absolute Gasteiger partial charge is 0.476 e. The number of hydrogen-bond acceptors (Lipinski definition) is 6. The molecule has 20 heavy (non-hydrogen) atoms. The number of benzene rings is 1. The second-order valence-electron chi connectivity index (χ2n) is 3.72. The van der Waals surface area contributed by atoms with Crippen LogP contribution in [0.4, 0.5) is 11.5 Å². The maximum atomic E-state index is 10.6. The van der Waals surface area contributed by atoms with E-state index in [-0.39, 0.29) is 16.8 Å². The summed E-state index contributed by atoms with van der Waals surface area (Å²) in [5, 5.41) is 36.5. The van der Waals surface area contributed by atoms with Crippen LogP contribution in [0.3, 0.4) is 0 Å². The Bertz CT molecular complexity index is 741. The van der Waals surface area contributed by atoms with Crippen molar-refractivity contribution in [2.24, 2.45) is 0 Å². The molecular formula is C13H7N5O2. The van der Waals surface area contributed by atoms with Crippen molar-refractivity contribution in [1.82, 2.24) is 10.2 Å². The maximum absolute atomic E-state index is 10.6. The standard InChI is InChI=1S/C13H7N5O2/c14-6-8-1-2-10(5-9(8)7-15)16-12-4-3-11(13(19)20)17-18-12/h1-5H,(H,16,18)(H,19,20). The molecular weight excluding hydrogens is 258 g/mol. The number of carboxylic acid groups (broad SMARTS) is 1. The van der Waals surface area contributed by atoms with Gasteiger partial charge in [0.1, 0.15) is 12.1 Å². The van der Waals surface area contributed by atoms with E-state index in [1.807, 2.05) is 12.1 Å². The average Bonchev–Trinajstić information content (AvgIpc) is 2.47. The molecule has 2 rings (SSSR count). The van der Waals surface area contributed by atoms with E-state index in [0.29, 0.717) is 11.5 Å². The van der Waals surface area contributed by atoms with Crippen LogP contribution >= 0.6 is 0 Å². The lowest BCUT2D eigenvalue weighted by Gasteiger charge is -2.05. The van der Waals surface area contributed by atoms with Gasteiger partial charge in [0.15, 0.2) is 11.5 Å². The lowest BCUT2D eigenvalue weighted by atomic mass is 10.1. The highest BCUT2D eigenvalue weighted by Gasteiger charge is 2.06. The number of aromatic carboxylic acids is 1. The molecule has 0 amide bonds. The predicted molar refractivity (Wildman–Crippen MR) is 68.1 cm³/mol. The second kappa shape index (κ2) is 5.46. The van der Waals surface area contributed by atoms with E-state index in [1.165, 1.54) is 24.3 Å². The number of carbonyl (C=O) groups is 1. The first-order valence-corrected chi connectivity index (χ1v) is 5.42. The van der Waals surface area contributed by atoms with Crippen LogP contribution < -0.4 is 5.32 Å². The minimum Gasteiger partial charge on any atom is -0.476 e. The van der Waals surface area contributed by atoms with Gasteiger partial charge in [-0.15, -0.1) is 10.2 Å². The summed E-state index contributed by atoms with van der Waals surface area (Å²) in [5.74, 6) is -0.821. The van der Waals surface area contributed by atoms with Crippen LogP contribution in [0.2, 0.25) is 0 Å². The number of nitrogens with one attached hydrogen (secondary N) is 1. The number of carboxylic acids is 1. The van der Waals surface area contributed by atoms with Crippen molar-refractivity contribution in [3.05, 3.63) is 47.2 Å². The van der Waals surface area contributed by atoms with Gasteiger partial charge in [-0.1, -0.05) is 0 Å². The summed E-state index contributed by atoms with van der Waals surface area (Å²) in [6.07, 6.45) is 0. The first kappa shape index (κ1) is 13.0. The second-order valence-corrected chi connectivity index (χ2v) is 3.72. The molecule has 0 unspecified atom stereocenters. The van der Waals surface area contributed by atoms with Crippen LogP contribution in [0.25, 0.3) is 0 Å². The van der Waals surface area contributed by atoms with E-state index in [4.69, 9.17) is 15.6 Å². The van der Waals surface area contributed by atoms with Gasteiger partial charge < -0.3 is 10.4 Å². The van der Waals surface area contributed by atoms with Crippen molar-refractivity contribution < 1.29 is 9.90 Å². The molecule has 7 nitrogen and oxygen atoms in total. The summed E-state index contributed by atoms with van der Waals surface area (Å²) < 4.78 is 0. The van der Waals surface area contributed by atoms with Crippen LogP contribution in [0.15, 0.2) is 30.3 Å². The lowest BCUT2D eigenvalue weighted by molar-refractivity contribution is 0.0689. The molecule has 0 radical (unpaired) electrons. The van der Waals surface area contributed by atoms with Crippen molar-refractivity contribution in [3.63, 3.8) is 0 Å². The Hall–Kier alpha value is -3.45. The van der Waals surface area contributed by atoms with Gasteiger partial charge in [0, 0.05) is 5.69 Å². The zero-order valence-electron chi connectivity index (χ0n) is 10.0. The van der Waals surface area contributed by atoms with Crippen LogP contribution in [0.5, 0.6) is 0 Å². The van der Waals surface area contributed by atoms with E-state index in [1.54, 1.807) is 6.07 Å². The molecule has 0 aliphatic rings. The Morgan fingerprint density at radius 1 is 1.10 bits per heavy atom. The quantitative estimate of drug-likeness (QED) is 0.864. The zero-order valence-corrected chi connectivity index (χ0v) is 10.0. The minimum absolute atomic E-state index is 0.159. The van der Waals surface area contributed by atoms with Gasteiger partial charge in [-0.3, -0.25) is 0 Å². The van der Waals surface area contributed by atoms with Crippen molar-refractivity contribution in [2.75, 3.05) is 5.32 Å². The molecule has 1 heterocycles. The lowest BCUT2D eigenvalue weighted by Crippen LogP contribution is -2.03. The molecule has 0 atom stereocenters. The Labute approximate surface area is 113 Å². The normalized spacial score (nSPS) is 9.30. The van der Waals surface area contributed by atoms with Crippen LogP contribution in [0, 0.1) is 22.7 Å². The van der Waals surface area contributed by atoms with Gasteiger partial charge in [0.05, 0.1) is 11.1 Å². The summed E-state index contributed by atoms with van der Waals surface area (Å²) in [6, 6.07) is 11.2. The summed E-state index contributed by atoms with van der Waals surface area (Å²) in [7, 11) is 0. The predicted octanol–water partition coefficient (Wildman–Crippen LogP) is 1.66. The smallest absolute Gasteiger partial charge is 0.356 e. The Morgan fingerprint density at radius 2 is 1.85 bits per heavy atom. The first-order chi connectivity index (χ1) is 9.63. The molecule has 2 N–H and O–H groups in total. The van der Waals surface area contributed by atoms with Crippen molar-refractivity contribution in [2.45, 2.75) is 0 Å². The molecule has 96 valence electrons. The monoisotopic (exact) mass is 265 g/mol. The van der Waals surface area contributed by atoms with E-state index in [9.17, 15) is 4.79 Å². The number of anilines is 2. The fraction of sp³-hybridized carbons (Fsp3) is 0. The molecule has 1 aromatic heterocycles. The number of nitriles is 2. The Balaban J connectivity index is 2.24. The topological polar surface area (TPSA) is 123 Å². The molecule has 0 spiro atoms. The van der Waals surface area contributed by atoms with Gasteiger partial charge >= 0.3 is 5.97 Å². The van der Waals surface area contributed by atoms with Crippen molar-refractivity contribution in [3.8, 4) is 12.1 Å². The molecule has 0 aliphatic heterocycles. The van der Waals surface area contributed by atoms with Crippen molar-refractivity contribution >= 4 is 17.5 Å². The SMILES string of the molecule is N#Cc1ccc(Nc2ccc(C(=O)O)nn2)cc1C#N. The summed E-state index contributed by atoms with van der Waals surface area (Å²) in [6.45, 7) is 0. The highest BCUT2D eigenvalue weighted by Crippen LogP contribution is 2.18. The molecule has 0 aliphatic carbocycles. The third-order valence-electron chi connectivity index (χ3n) is 2.42. The molecule has 2 aromatic rings. The number of aromatic nitrogens is 2. The van der Waals surface area contributed by atoms with Crippen LogP contribution in [-0.2, 0) is 0 Å². The molecule has 1 aromatic carbocycles. The summed E-state index contributed by atoms with van der Waals surface area (Å²) in [4.78, 5) is 10.6. The van der Waals surface area contributed by atoms with Gasteiger partial charge in [0.2, 0.25) is 0 Å². The van der Waals surface area contributed by atoms with Gasteiger partial charge in [-0.2, -0.15) is 10.5 Å². The molecule has 0 saturated carbocycles. The van der Waals surface area contributed by atoms with Crippen LogP contribution in [-0.4, -0.2) is 21.3 Å². The minimum atomic E-state index is -1.16. The van der Waals surface area contributed by atoms with E-state index in [0.717, 1.165) is 0 Å². The van der Waals surface area contributed by atoms with E-state index >= 15 is 0 Å². The van der Waals surface area contributed by atoms with Crippen molar-refractivity contribution in [1.29, 1.82) is 10.5 Å². The third-order valence-corrected chi connectivity index (χ3v) is 2.42. The molecule has 0 fully saturated rings. The van der Waals surface area contributed by atoms with E-state index in [2.05, 4.69) is 15.5 Å². The number of nitrogens with zero attached hydrogens (tertiary/aromatic N) is 4. The van der Waals surface area contributed by atoms with Gasteiger partial charge in [-0.05, 0) is 30.3 Å². The highest BCUT2D eigenvalue weighted by atomic mass is 16.4. The summed E-state index contributed by atoms with van der Waals surface area (Å²) >= 11 is 0. The summed E-state index contributed by atoms with van der Waals surface area (Å²) in [5.41, 5.74) is 0.920. The maximum Gasteiger partial charge on any atom is 0.356 e. The van der Waals surface area contributed by atoms with E-state index < -0.39 is 5.97 Å². The third kappa shape index (κ3) is 2.68. The van der Waals surface area contributed by atoms with Crippen LogP contribution in [0.1, 0.15) is 21.6 Å². The first-order valence-electron chi connectivity index (χ1n) is 5.42. The Kier molecular flexibility index (Phi) is 3.55. The fourth-order valence-electron chi connectivity index (χ4n) is 1.47.